The van der Waals surface area contributed by atoms with Crippen LogP contribution in [0.1, 0.15) is 61.3 Å². The van der Waals surface area contributed by atoms with Crippen molar-refractivity contribution in [1.29, 1.82) is 0 Å². The first-order valence-electron chi connectivity index (χ1n) is 10.7. The molecule has 0 spiro atoms. The molecule has 0 aromatic heterocycles. The second-order valence-electron chi connectivity index (χ2n) is 11.4. The van der Waals surface area contributed by atoms with Crippen molar-refractivity contribution in [2.24, 2.45) is 0 Å². The van der Waals surface area contributed by atoms with E-state index < -0.39 is 16.6 Å². The molecule has 0 aliphatic heterocycles. The Morgan fingerprint density at radius 1 is 1.03 bits per heavy atom. The van der Waals surface area contributed by atoms with Gasteiger partial charge in [-0.1, -0.05) is 48.1 Å². The zero-order valence-electron chi connectivity index (χ0n) is 20.7. The van der Waals surface area contributed by atoms with Gasteiger partial charge < -0.3 is 13.6 Å². The van der Waals surface area contributed by atoms with Crippen molar-refractivity contribution in [2.45, 2.75) is 110 Å². The van der Waals surface area contributed by atoms with E-state index in [1.165, 1.54) is 6.92 Å². The van der Waals surface area contributed by atoms with E-state index in [-0.39, 0.29) is 34.9 Å². The average Bonchev–Trinajstić information content (AvgIpc) is 2.48. The van der Waals surface area contributed by atoms with E-state index >= 15 is 0 Å². The Hall–Kier alpha value is -0.696. The lowest BCUT2D eigenvalue weighted by molar-refractivity contribution is -0.139. The van der Waals surface area contributed by atoms with Gasteiger partial charge >= 0.3 is 5.97 Å². The van der Waals surface area contributed by atoms with Gasteiger partial charge in [-0.15, -0.1) is 0 Å². The third-order valence-corrected chi connectivity index (χ3v) is 15.9. The highest BCUT2D eigenvalue weighted by Gasteiger charge is 2.44. The molecule has 1 aliphatic carbocycles. The fraction of sp³-hybridized carbons (Fsp3) is 0.783. The normalized spacial score (nSPS) is 23.4. The quantitative estimate of drug-likeness (QED) is 0.344. The number of carbonyl (C=O) groups excluding carboxylic acids is 1. The summed E-state index contributed by atoms with van der Waals surface area (Å²) in [5, 5.41) is 0.279. The van der Waals surface area contributed by atoms with Crippen molar-refractivity contribution >= 4 is 22.6 Å². The molecule has 0 heterocycles. The molecule has 0 aromatic carbocycles. The summed E-state index contributed by atoms with van der Waals surface area (Å²) in [6, 6.07) is 0. The second kappa shape index (κ2) is 9.20. The monoisotopic (exact) mass is 440 g/mol. The van der Waals surface area contributed by atoms with E-state index in [0.29, 0.717) is 0 Å². The fourth-order valence-electron chi connectivity index (χ4n) is 2.86. The van der Waals surface area contributed by atoms with Gasteiger partial charge in [0.25, 0.3) is 0 Å². The predicted molar refractivity (Wildman–Crippen MR) is 127 cm³/mol. The van der Waals surface area contributed by atoms with Gasteiger partial charge in [0.15, 0.2) is 16.6 Å². The lowest BCUT2D eigenvalue weighted by Crippen LogP contribution is -2.49. The van der Waals surface area contributed by atoms with Crippen molar-refractivity contribution < 1.29 is 18.4 Å². The SMILES string of the molecule is C=C1/C(=C\COC(C)=O)C[C@@H](O[Si](C)(C)C(C)(C)C)C[C@@H]1O[Si](C)(C)C(C)(C)C. The van der Waals surface area contributed by atoms with E-state index in [0.717, 1.165) is 24.0 Å². The maximum atomic E-state index is 11.2. The smallest absolute Gasteiger partial charge is 0.302 e. The van der Waals surface area contributed by atoms with Gasteiger partial charge in [-0.3, -0.25) is 4.79 Å². The first kappa shape index (κ1) is 26.3. The summed E-state index contributed by atoms with van der Waals surface area (Å²) in [6.45, 7) is 28.8. The molecule has 0 saturated heterocycles. The molecule has 1 rings (SSSR count). The van der Waals surface area contributed by atoms with E-state index in [1.807, 2.05) is 6.08 Å². The van der Waals surface area contributed by atoms with E-state index in [9.17, 15) is 4.79 Å². The van der Waals surface area contributed by atoms with Crippen molar-refractivity contribution in [2.75, 3.05) is 6.61 Å². The Kier molecular flexibility index (Phi) is 8.36. The molecule has 0 N–H and O–H groups in total. The van der Waals surface area contributed by atoms with Crippen LogP contribution in [0.4, 0.5) is 0 Å². The fourth-order valence-corrected chi connectivity index (χ4v) is 5.53. The standard InChI is InChI=1S/C23H44O4Si2/c1-17-19(13-14-25-18(2)24)15-20(26-28(9,10)22(3,4)5)16-21(17)27-29(11,12)23(6,7)8/h13,20-21H,1,14-16H2,2-12H3/b19-13-/t20-,21+/m1/s1. The molecule has 0 amide bonds. The number of esters is 1. The van der Waals surface area contributed by atoms with Gasteiger partial charge in [-0.2, -0.15) is 0 Å². The van der Waals surface area contributed by atoms with Crippen LogP contribution in [0.15, 0.2) is 23.8 Å². The van der Waals surface area contributed by atoms with Crippen molar-refractivity contribution in [3.63, 3.8) is 0 Å². The highest BCUT2D eigenvalue weighted by Crippen LogP contribution is 2.43. The maximum absolute atomic E-state index is 11.2. The minimum absolute atomic E-state index is 0.0528. The Bertz CT molecular complexity index is 636. The Morgan fingerprint density at radius 2 is 1.52 bits per heavy atom. The maximum Gasteiger partial charge on any atom is 0.302 e. The number of hydrogen-bond donors (Lipinski definition) is 0. The minimum atomic E-state index is -1.96. The van der Waals surface area contributed by atoms with Gasteiger partial charge in [-0.05, 0) is 59.9 Å². The Balaban J connectivity index is 3.14. The zero-order chi connectivity index (χ0) is 22.8. The van der Waals surface area contributed by atoms with Crippen molar-refractivity contribution in [1.82, 2.24) is 0 Å². The molecule has 1 saturated carbocycles. The summed E-state index contributed by atoms with van der Waals surface area (Å²) in [5.41, 5.74) is 2.11. The molecule has 1 aliphatic rings. The third kappa shape index (κ3) is 7.19. The molecule has 168 valence electrons. The number of ether oxygens (including phenoxy) is 1. The van der Waals surface area contributed by atoms with E-state index in [4.69, 9.17) is 13.6 Å². The van der Waals surface area contributed by atoms with Gasteiger partial charge in [-0.25, -0.2) is 0 Å². The number of carbonyl (C=O) groups is 1. The van der Waals surface area contributed by atoms with Gasteiger partial charge in [0.1, 0.15) is 6.61 Å². The molecule has 1 fully saturated rings. The molecular weight excluding hydrogens is 396 g/mol. The summed E-state index contributed by atoms with van der Waals surface area (Å²) >= 11 is 0. The van der Waals surface area contributed by atoms with Crippen LogP contribution in [0.25, 0.3) is 0 Å². The Labute approximate surface area is 181 Å². The Morgan fingerprint density at radius 3 is 1.97 bits per heavy atom. The summed E-state index contributed by atoms with van der Waals surface area (Å²) < 4.78 is 18.7. The van der Waals surface area contributed by atoms with Crippen molar-refractivity contribution in [3.05, 3.63) is 23.8 Å². The topological polar surface area (TPSA) is 44.8 Å². The molecule has 0 radical (unpaired) electrons. The largest absolute Gasteiger partial charge is 0.462 e. The number of hydrogen-bond acceptors (Lipinski definition) is 4. The van der Waals surface area contributed by atoms with E-state index in [2.05, 4.69) is 74.3 Å². The minimum Gasteiger partial charge on any atom is -0.462 e. The molecule has 6 heteroatoms. The van der Waals surface area contributed by atoms with Gasteiger partial charge in [0.05, 0.1) is 12.2 Å². The molecule has 0 bridgehead atoms. The van der Waals surface area contributed by atoms with Crippen molar-refractivity contribution in [3.8, 4) is 0 Å². The third-order valence-electron chi connectivity index (χ3n) is 6.85. The zero-order valence-corrected chi connectivity index (χ0v) is 22.7. The lowest BCUT2D eigenvalue weighted by atomic mass is 9.86. The predicted octanol–water partition coefficient (Wildman–Crippen LogP) is 6.61. The number of rotatable bonds is 6. The van der Waals surface area contributed by atoms with Crippen LogP contribution in [0.3, 0.4) is 0 Å². The summed E-state index contributed by atoms with van der Waals surface area (Å²) in [6.07, 6.45) is 3.65. The molecule has 4 nitrogen and oxygen atoms in total. The van der Waals surface area contributed by atoms with Gasteiger partial charge in [0.2, 0.25) is 0 Å². The lowest BCUT2D eigenvalue weighted by Gasteiger charge is -2.45. The summed E-state index contributed by atoms with van der Waals surface area (Å²) in [5.74, 6) is -0.272. The molecule has 29 heavy (non-hydrogen) atoms. The van der Waals surface area contributed by atoms with Gasteiger partial charge in [0, 0.05) is 13.3 Å². The summed E-state index contributed by atoms with van der Waals surface area (Å²) in [7, 11) is -3.86. The molecular formula is C23H44O4Si2. The molecule has 2 atom stereocenters. The molecule has 0 aromatic rings. The van der Waals surface area contributed by atoms with Crippen LogP contribution in [0, 0.1) is 0 Å². The van der Waals surface area contributed by atoms with Crippen LogP contribution >= 0.6 is 0 Å². The average molecular weight is 441 g/mol. The van der Waals surface area contributed by atoms with E-state index in [1.54, 1.807) is 0 Å². The highest BCUT2D eigenvalue weighted by molar-refractivity contribution is 6.74. The van der Waals surface area contributed by atoms with Crippen LogP contribution < -0.4 is 0 Å². The first-order valence-corrected chi connectivity index (χ1v) is 16.6. The second-order valence-corrected chi connectivity index (χ2v) is 20.9. The highest BCUT2D eigenvalue weighted by atomic mass is 28.4. The molecule has 0 unspecified atom stereocenters. The summed E-state index contributed by atoms with van der Waals surface area (Å²) in [4.78, 5) is 11.2. The van der Waals surface area contributed by atoms with Crippen LogP contribution in [0.2, 0.25) is 36.3 Å². The van der Waals surface area contributed by atoms with Crippen LogP contribution in [0.5, 0.6) is 0 Å². The first-order chi connectivity index (χ1) is 12.9. The van der Waals surface area contributed by atoms with Crippen LogP contribution in [-0.4, -0.2) is 41.4 Å². The van der Waals surface area contributed by atoms with Crippen LogP contribution in [-0.2, 0) is 18.4 Å².